The Bertz CT molecular complexity index is 688. The topological polar surface area (TPSA) is 83.7 Å². The van der Waals surface area contributed by atoms with Gasteiger partial charge in [-0.1, -0.05) is 18.6 Å². The highest BCUT2D eigenvalue weighted by Crippen LogP contribution is 2.21. The number of hydrogen-bond acceptors (Lipinski definition) is 4. The first kappa shape index (κ1) is 20.2. The third-order valence-corrected chi connectivity index (χ3v) is 6.72. The van der Waals surface area contributed by atoms with Crippen LogP contribution >= 0.6 is 12.4 Å². The van der Waals surface area contributed by atoms with E-state index in [-0.39, 0.29) is 30.8 Å². The lowest BCUT2D eigenvalue weighted by atomic mass is 10.1. The van der Waals surface area contributed by atoms with Gasteiger partial charge in [-0.3, -0.25) is 4.79 Å². The van der Waals surface area contributed by atoms with Crippen molar-refractivity contribution >= 4 is 28.3 Å². The second-order valence-corrected chi connectivity index (χ2v) is 8.61. The molecule has 0 aromatic heterocycles. The zero-order valence-corrected chi connectivity index (χ0v) is 15.9. The summed E-state index contributed by atoms with van der Waals surface area (Å²) in [5.74, 6) is 0.0505. The van der Waals surface area contributed by atoms with Crippen molar-refractivity contribution in [3.63, 3.8) is 0 Å². The quantitative estimate of drug-likeness (QED) is 0.846. The molecule has 6 nitrogen and oxygen atoms in total. The van der Waals surface area contributed by atoms with Crippen molar-refractivity contribution in [3.05, 3.63) is 29.8 Å². The maximum Gasteiger partial charge on any atom is 0.243 e. The van der Waals surface area contributed by atoms with Gasteiger partial charge in [-0.05, 0) is 37.0 Å². The minimum absolute atomic E-state index is 0. The first-order valence-corrected chi connectivity index (χ1v) is 10.0. The molecule has 1 aromatic rings. The molecule has 0 spiro atoms. The largest absolute Gasteiger partial charge is 0.341 e. The number of carbonyl (C=O) groups excluding carboxylic acids is 1. The molecular formula is C17H26ClN3O3S. The normalized spacial score (nSPS) is 21.8. The number of rotatable bonds is 4. The van der Waals surface area contributed by atoms with Crippen molar-refractivity contribution in [1.29, 1.82) is 0 Å². The molecule has 0 aliphatic carbocycles. The minimum atomic E-state index is -3.41. The zero-order valence-electron chi connectivity index (χ0n) is 14.3. The number of benzene rings is 1. The van der Waals surface area contributed by atoms with Crippen LogP contribution in [0.25, 0.3) is 0 Å². The van der Waals surface area contributed by atoms with Crippen molar-refractivity contribution in [3.8, 4) is 0 Å². The average Bonchev–Trinajstić information content (AvgIpc) is 3.03. The second kappa shape index (κ2) is 8.49. The van der Waals surface area contributed by atoms with Crippen molar-refractivity contribution in [2.45, 2.75) is 43.0 Å². The van der Waals surface area contributed by atoms with Crippen LogP contribution in [0.15, 0.2) is 29.2 Å². The summed E-state index contributed by atoms with van der Waals surface area (Å²) in [6.45, 7) is 2.51. The van der Waals surface area contributed by atoms with Gasteiger partial charge < -0.3 is 10.6 Å². The lowest BCUT2D eigenvalue weighted by molar-refractivity contribution is -0.129. The fourth-order valence-corrected chi connectivity index (χ4v) is 4.85. The fraction of sp³-hybridized carbons (Fsp3) is 0.588. The van der Waals surface area contributed by atoms with Gasteiger partial charge in [0.2, 0.25) is 15.9 Å². The van der Waals surface area contributed by atoms with Crippen LogP contribution in [0.4, 0.5) is 0 Å². The third kappa shape index (κ3) is 4.73. The molecule has 0 radical (unpaired) electrons. The Morgan fingerprint density at radius 1 is 1.08 bits per heavy atom. The van der Waals surface area contributed by atoms with E-state index in [9.17, 15) is 13.2 Å². The molecule has 140 valence electrons. The number of likely N-dealkylation sites (tertiary alicyclic amines) is 1. The molecule has 2 fully saturated rings. The molecule has 0 saturated carbocycles. The Morgan fingerprint density at radius 2 is 1.72 bits per heavy atom. The van der Waals surface area contributed by atoms with Crippen LogP contribution in [0.2, 0.25) is 0 Å². The summed E-state index contributed by atoms with van der Waals surface area (Å²) in [7, 11) is -3.41. The average molecular weight is 388 g/mol. The van der Waals surface area contributed by atoms with Gasteiger partial charge >= 0.3 is 0 Å². The number of amides is 1. The Balaban J connectivity index is 0.00000225. The van der Waals surface area contributed by atoms with Gasteiger partial charge in [0.1, 0.15) is 0 Å². The SMILES string of the molecule is Cl.N[C@@H]1CCN(C(=O)Cc2ccc(S(=O)(=O)N3CCCCC3)cc2)C1. The van der Waals surface area contributed by atoms with Gasteiger partial charge in [-0.25, -0.2) is 8.42 Å². The summed E-state index contributed by atoms with van der Waals surface area (Å²) in [5.41, 5.74) is 6.66. The number of carbonyl (C=O) groups is 1. The van der Waals surface area contributed by atoms with E-state index in [4.69, 9.17) is 5.73 Å². The standard InChI is InChI=1S/C17H25N3O3S.ClH/c18-15-8-11-19(13-15)17(21)12-14-4-6-16(7-5-14)24(22,23)20-9-2-1-3-10-20;/h4-7,15H,1-3,8-13,18H2;1H/t15-;/m1./s1. The van der Waals surface area contributed by atoms with E-state index in [2.05, 4.69) is 0 Å². The Kier molecular flexibility index (Phi) is 6.85. The second-order valence-electron chi connectivity index (χ2n) is 6.67. The predicted molar refractivity (Wildman–Crippen MR) is 99.2 cm³/mol. The Morgan fingerprint density at radius 3 is 2.28 bits per heavy atom. The number of halogens is 1. The molecule has 0 unspecified atom stereocenters. The molecular weight excluding hydrogens is 362 g/mol. The molecule has 25 heavy (non-hydrogen) atoms. The molecule has 1 atom stereocenters. The van der Waals surface area contributed by atoms with Gasteiger partial charge in [0, 0.05) is 32.2 Å². The highest BCUT2D eigenvalue weighted by molar-refractivity contribution is 7.89. The Hall–Kier alpha value is -1.15. The highest BCUT2D eigenvalue weighted by atomic mass is 35.5. The summed E-state index contributed by atoms with van der Waals surface area (Å²) in [5, 5.41) is 0. The molecule has 0 bridgehead atoms. The van der Waals surface area contributed by atoms with Crippen LogP contribution in [-0.2, 0) is 21.2 Å². The van der Waals surface area contributed by atoms with Crippen molar-refractivity contribution < 1.29 is 13.2 Å². The van der Waals surface area contributed by atoms with E-state index in [1.165, 1.54) is 0 Å². The summed E-state index contributed by atoms with van der Waals surface area (Å²) in [6.07, 6.45) is 4.07. The number of sulfonamides is 1. The van der Waals surface area contributed by atoms with Crippen molar-refractivity contribution in [2.75, 3.05) is 26.2 Å². The van der Waals surface area contributed by atoms with E-state index in [0.717, 1.165) is 31.2 Å². The van der Waals surface area contributed by atoms with Gasteiger partial charge in [-0.15, -0.1) is 12.4 Å². The summed E-state index contributed by atoms with van der Waals surface area (Å²) in [4.78, 5) is 14.3. The van der Waals surface area contributed by atoms with E-state index in [0.29, 0.717) is 31.1 Å². The summed E-state index contributed by atoms with van der Waals surface area (Å²) < 4.78 is 26.8. The van der Waals surface area contributed by atoms with E-state index in [1.54, 1.807) is 33.5 Å². The maximum atomic E-state index is 12.6. The Labute approximate surface area is 155 Å². The number of nitrogens with two attached hydrogens (primary N) is 1. The van der Waals surface area contributed by atoms with Gasteiger partial charge in [0.25, 0.3) is 0 Å². The summed E-state index contributed by atoms with van der Waals surface area (Å²) >= 11 is 0. The van der Waals surface area contributed by atoms with Gasteiger partial charge in [0.15, 0.2) is 0 Å². The maximum absolute atomic E-state index is 12.6. The smallest absolute Gasteiger partial charge is 0.243 e. The molecule has 2 saturated heterocycles. The van der Waals surface area contributed by atoms with Crippen LogP contribution in [0.3, 0.4) is 0 Å². The molecule has 2 N–H and O–H groups in total. The molecule has 1 amide bonds. The number of piperidine rings is 1. The predicted octanol–water partition coefficient (Wildman–Crippen LogP) is 1.39. The van der Waals surface area contributed by atoms with Crippen molar-refractivity contribution in [1.82, 2.24) is 9.21 Å². The van der Waals surface area contributed by atoms with Crippen LogP contribution in [0.1, 0.15) is 31.2 Å². The van der Waals surface area contributed by atoms with Crippen LogP contribution in [0, 0.1) is 0 Å². The van der Waals surface area contributed by atoms with E-state index < -0.39 is 10.0 Å². The zero-order chi connectivity index (χ0) is 17.2. The van der Waals surface area contributed by atoms with E-state index in [1.807, 2.05) is 0 Å². The minimum Gasteiger partial charge on any atom is -0.341 e. The van der Waals surface area contributed by atoms with Gasteiger partial charge in [0.05, 0.1) is 11.3 Å². The van der Waals surface area contributed by atoms with Crippen LogP contribution in [-0.4, -0.2) is 55.8 Å². The first-order valence-electron chi connectivity index (χ1n) is 8.59. The highest BCUT2D eigenvalue weighted by Gasteiger charge is 2.26. The lowest BCUT2D eigenvalue weighted by Crippen LogP contribution is -2.35. The number of hydrogen-bond donors (Lipinski definition) is 1. The van der Waals surface area contributed by atoms with Gasteiger partial charge in [-0.2, -0.15) is 4.31 Å². The lowest BCUT2D eigenvalue weighted by Gasteiger charge is -2.25. The van der Waals surface area contributed by atoms with Crippen LogP contribution in [0.5, 0.6) is 0 Å². The first-order chi connectivity index (χ1) is 11.5. The molecule has 2 aliphatic rings. The van der Waals surface area contributed by atoms with E-state index >= 15 is 0 Å². The molecule has 2 heterocycles. The number of nitrogens with zero attached hydrogens (tertiary/aromatic N) is 2. The monoisotopic (exact) mass is 387 g/mol. The molecule has 2 aliphatic heterocycles. The summed E-state index contributed by atoms with van der Waals surface area (Å²) in [6, 6.07) is 6.78. The molecule has 8 heteroatoms. The van der Waals surface area contributed by atoms with Crippen molar-refractivity contribution in [2.24, 2.45) is 5.73 Å². The fourth-order valence-electron chi connectivity index (χ4n) is 3.33. The van der Waals surface area contributed by atoms with Crippen LogP contribution < -0.4 is 5.73 Å². The molecule has 3 rings (SSSR count). The molecule has 1 aromatic carbocycles. The third-order valence-electron chi connectivity index (χ3n) is 4.81.